The average Bonchev–Trinajstić information content (AvgIpc) is 2.88. The summed E-state index contributed by atoms with van der Waals surface area (Å²) in [6.45, 7) is 0.228. The molecule has 0 radical (unpaired) electrons. The van der Waals surface area contributed by atoms with Crippen molar-refractivity contribution in [2.45, 2.75) is 33.2 Å². The largest absolute Gasteiger partial charge is 0.416 e. The molecule has 0 spiro atoms. The zero-order valence-corrected chi connectivity index (χ0v) is 17.4. The minimum Gasteiger partial charge on any atom is -0.332 e. The lowest BCUT2D eigenvalue weighted by molar-refractivity contribution is -0.137. The first-order valence-electron chi connectivity index (χ1n) is 7.71. The molecule has 4 nitrogen and oxygen atoms in total. The first-order valence-corrected chi connectivity index (χ1v) is 9.67. The Morgan fingerprint density at radius 3 is 2.54 bits per heavy atom. The van der Waals surface area contributed by atoms with Gasteiger partial charge in [-0.15, -0.1) is 11.6 Å². The minimum atomic E-state index is -4.49. The third-order valence-corrected chi connectivity index (χ3v) is 7.70. The van der Waals surface area contributed by atoms with Crippen LogP contribution in [-0.2, 0) is 15.8 Å². The molecule has 0 aromatic heterocycles. The molecular weight excluding hydrogens is 504 g/mol. The summed E-state index contributed by atoms with van der Waals surface area (Å²) in [4.78, 5) is 26.7. The van der Waals surface area contributed by atoms with Crippen LogP contribution in [-0.4, -0.2) is 44.5 Å². The summed E-state index contributed by atoms with van der Waals surface area (Å²) in [7, 11) is 1.49. The van der Waals surface area contributed by atoms with Gasteiger partial charge in [0.2, 0.25) is 11.8 Å². The van der Waals surface area contributed by atoms with Crippen LogP contribution in [0.25, 0.3) is 0 Å². The standard InChI is InChI=1S/C16H14Br2ClF3N2O2/c1-23(13(26)14(19)8-15(14,17)18)11-5-6-24(12(11)25)10-4-2-3-9(7-10)16(20,21)22/h2-4,7,11H,5-6,8H2,1H3. The fourth-order valence-electron chi connectivity index (χ4n) is 3.05. The lowest BCUT2D eigenvalue weighted by atomic mass is 10.2. The van der Waals surface area contributed by atoms with E-state index in [1.54, 1.807) is 0 Å². The van der Waals surface area contributed by atoms with E-state index in [0.717, 1.165) is 12.1 Å². The van der Waals surface area contributed by atoms with Gasteiger partial charge in [0, 0.05) is 25.7 Å². The third kappa shape index (κ3) is 3.26. The summed E-state index contributed by atoms with van der Waals surface area (Å²) in [6.07, 6.45) is -3.80. The lowest BCUT2D eigenvalue weighted by Crippen LogP contribution is -2.47. The number of halogens is 6. The Morgan fingerprint density at radius 2 is 2.00 bits per heavy atom. The molecule has 2 unspecified atom stereocenters. The maximum Gasteiger partial charge on any atom is 0.416 e. The first-order chi connectivity index (χ1) is 11.9. The summed E-state index contributed by atoms with van der Waals surface area (Å²) >= 11 is 12.9. The van der Waals surface area contributed by atoms with E-state index in [9.17, 15) is 22.8 Å². The van der Waals surface area contributed by atoms with E-state index in [1.807, 2.05) is 0 Å². The Morgan fingerprint density at radius 1 is 1.38 bits per heavy atom. The second-order valence-corrected chi connectivity index (χ2v) is 10.9. The maximum absolute atomic E-state index is 12.9. The van der Waals surface area contributed by atoms with E-state index >= 15 is 0 Å². The van der Waals surface area contributed by atoms with Crippen LogP contribution in [0.4, 0.5) is 18.9 Å². The second kappa shape index (κ2) is 6.38. The van der Waals surface area contributed by atoms with Crippen LogP contribution in [0, 0.1) is 0 Å². The highest BCUT2D eigenvalue weighted by atomic mass is 79.9. The maximum atomic E-state index is 12.9. The molecule has 1 heterocycles. The van der Waals surface area contributed by atoms with Gasteiger partial charge in [0.15, 0.2) is 4.87 Å². The fraction of sp³-hybridized carbons (Fsp3) is 0.500. The number of carbonyl (C=O) groups excluding carboxylic acids is 2. The fourth-order valence-corrected chi connectivity index (χ4v) is 4.88. The molecule has 2 aliphatic rings. The lowest BCUT2D eigenvalue weighted by Gasteiger charge is -2.26. The molecule has 1 aromatic carbocycles. The van der Waals surface area contributed by atoms with Gasteiger partial charge in [-0.1, -0.05) is 37.9 Å². The summed E-state index contributed by atoms with van der Waals surface area (Å²) < 4.78 is 38.0. The molecule has 26 heavy (non-hydrogen) atoms. The van der Waals surface area contributed by atoms with Crippen molar-refractivity contribution in [2.24, 2.45) is 0 Å². The summed E-state index contributed by atoms with van der Waals surface area (Å²) in [5.41, 5.74) is -0.660. The van der Waals surface area contributed by atoms with Crippen LogP contribution in [0.2, 0.25) is 0 Å². The van der Waals surface area contributed by atoms with Gasteiger partial charge >= 0.3 is 6.18 Å². The normalized spacial score (nSPS) is 27.6. The van der Waals surface area contributed by atoms with E-state index in [-0.39, 0.29) is 12.2 Å². The zero-order valence-electron chi connectivity index (χ0n) is 13.5. The number of hydrogen-bond acceptors (Lipinski definition) is 2. The van der Waals surface area contributed by atoms with Crippen LogP contribution in [0.3, 0.4) is 0 Å². The number of rotatable bonds is 3. The van der Waals surface area contributed by atoms with Crippen LogP contribution in [0.5, 0.6) is 0 Å². The van der Waals surface area contributed by atoms with Gasteiger partial charge in [-0.3, -0.25) is 9.59 Å². The quantitative estimate of drug-likeness (QED) is 0.565. The van der Waals surface area contributed by atoms with Crippen molar-refractivity contribution in [2.75, 3.05) is 18.5 Å². The molecule has 0 bridgehead atoms. The summed E-state index contributed by atoms with van der Waals surface area (Å²) in [5.74, 6) is -0.826. The highest BCUT2D eigenvalue weighted by Gasteiger charge is 2.70. The first kappa shape index (κ1) is 19.9. The highest BCUT2D eigenvalue weighted by Crippen LogP contribution is 2.64. The molecule has 1 saturated carbocycles. The molecule has 2 fully saturated rings. The predicted molar refractivity (Wildman–Crippen MR) is 98.8 cm³/mol. The molecule has 10 heteroatoms. The van der Waals surface area contributed by atoms with Crippen molar-refractivity contribution in [3.63, 3.8) is 0 Å². The van der Waals surface area contributed by atoms with E-state index in [4.69, 9.17) is 11.6 Å². The minimum absolute atomic E-state index is 0.163. The Bertz CT molecular complexity index is 774. The predicted octanol–water partition coefficient (Wildman–Crippen LogP) is 4.14. The van der Waals surface area contributed by atoms with E-state index in [2.05, 4.69) is 31.9 Å². The van der Waals surface area contributed by atoms with E-state index < -0.39 is 37.7 Å². The zero-order chi connectivity index (χ0) is 19.5. The average molecular weight is 519 g/mol. The molecular formula is C16H14Br2ClF3N2O2. The Balaban J connectivity index is 1.78. The Kier molecular flexibility index (Phi) is 4.89. The van der Waals surface area contributed by atoms with Crippen molar-refractivity contribution in [1.29, 1.82) is 0 Å². The van der Waals surface area contributed by atoms with Crippen molar-refractivity contribution in [1.82, 2.24) is 4.90 Å². The summed E-state index contributed by atoms with van der Waals surface area (Å²) in [6, 6.07) is 3.84. The monoisotopic (exact) mass is 516 g/mol. The topological polar surface area (TPSA) is 40.6 Å². The van der Waals surface area contributed by atoms with Crippen LogP contribution in [0.15, 0.2) is 24.3 Å². The number of carbonyl (C=O) groups is 2. The number of benzene rings is 1. The molecule has 0 N–H and O–H groups in total. The van der Waals surface area contributed by atoms with Crippen LogP contribution >= 0.6 is 43.5 Å². The molecule has 1 saturated heterocycles. The number of nitrogens with zero attached hydrogens (tertiary/aromatic N) is 2. The molecule has 1 aliphatic carbocycles. The van der Waals surface area contributed by atoms with Gasteiger partial charge in [0.05, 0.1) is 5.56 Å². The van der Waals surface area contributed by atoms with Gasteiger partial charge in [-0.2, -0.15) is 13.2 Å². The van der Waals surface area contributed by atoms with Crippen molar-refractivity contribution >= 4 is 61.0 Å². The number of likely N-dealkylation sites (N-methyl/N-ethyl adjacent to an activating group) is 1. The van der Waals surface area contributed by atoms with Gasteiger partial charge in [0.1, 0.15) is 9.28 Å². The number of amides is 2. The van der Waals surface area contributed by atoms with Crippen molar-refractivity contribution < 1.29 is 22.8 Å². The molecule has 142 valence electrons. The van der Waals surface area contributed by atoms with Crippen LogP contribution < -0.4 is 4.90 Å². The Hall–Kier alpha value is -0.800. The van der Waals surface area contributed by atoms with Gasteiger partial charge in [0.25, 0.3) is 0 Å². The van der Waals surface area contributed by atoms with Crippen LogP contribution in [0.1, 0.15) is 18.4 Å². The van der Waals surface area contributed by atoms with Crippen molar-refractivity contribution in [3.8, 4) is 0 Å². The number of alkyl halides is 6. The molecule has 1 aliphatic heterocycles. The molecule has 2 atom stereocenters. The van der Waals surface area contributed by atoms with Gasteiger partial charge in [-0.05, 0) is 24.6 Å². The Labute approximate surface area is 169 Å². The SMILES string of the molecule is CN(C(=O)C1(Cl)CC1(Br)Br)C1CCN(c2cccc(C(F)(F)F)c2)C1=O. The molecule has 2 amide bonds. The molecule has 1 aromatic rings. The highest BCUT2D eigenvalue weighted by molar-refractivity contribution is 9.25. The van der Waals surface area contributed by atoms with E-state index in [1.165, 1.54) is 29.0 Å². The van der Waals surface area contributed by atoms with Gasteiger partial charge < -0.3 is 9.80 Å². The third-order valence-electron chi connectivity index (χ3n) is 4.71. The van der Waals surface area contributed by atoms with Gasteiger partial charge in [-0.25, -0.2) is 0 Å². The smallest absolute Gasteiger partial charge is 0.332 e. The second-order valence-electron chi connectivity index (χ2n) is 6.44. The number of hydrogen-bond donors (Lipinski definition) is 0. The van der Waals surface area contributed by atoms with Crippen molar-refractivity contribution in [3.05, 3.63) is 29.8 Å². The van der Waals surface area contributed by atoms with E-state index in [0.29, 0.717) is 12.8 Å². The molecule has 3 rings (SSSR count). The number of anilines is 1. The summed E-state index contributed by atoms with van der Waals surface area (Å²) in [5, 5.41) is 0.